The molecule has 0 atom stereocenters. The van der Waals surface area contributed by atoms with Crippen LogP contribution in [0.5, 0.6) is 0 Å². The van der Waals surface area contributed by atoms with Gasteiger partial charge in [0.05, 0.1) is 12.2 Å². The van der Waals surface area contributed by atoms with Crippen molar-refractivity contribution in [3.8, 4) is 0 Å². The van der Waals surface area contributed by atoms with E-state index in [1.165, 1.54) is 38.6 Å². The summed E-state index contributed by atoms with van der Waals surface area (Å²) in [6.07, 6.45) is 6.99. The highest BCUT2D eigenvalue weighted by Crippen LogP contribution is 2.25. The molecule has 2 heterocycles. The molecule has 0 N–H and O–H groups in total. The minimum atomic E-state index is 0.164. The van der Waals surface area contributed by atoms with Gasteiger partial charge in [-0.05, 0) is 56.4 Å². The summed E-state index contributed by atoms with van der Waals surface area (Å²) in [6.45, 7) is 9.71. The summed E-state index contributed by atoms with van der Waals surface area (Å²) in [5.74, 6) is 1.04. The van der Waals surface area contributed by atoms with Crippen molar-refractivity contribution in [2.24, 2.45) is 5.92 Å². The highest BCUT2D eigenvalue weighted by Gasteiger charge is 2.24. The molecular weight excluding hydrogens is 360 g/mol. The molecule has 1 amide bonds. The van der Waals surface area contributed by atoms with Crippen LogP contribution in [0.2, 0.25) is 0 Å². The van der Waals surface area contributed by atoms with Gasteiger partial charge in [-0.2, -0.15) is 5.10 Å². The van der Waals surface area contributed by atoms with E-state index in [1.807, 2.05) is 34.7 Å². The van der Waals surface area contributed by atoms with E-state index in [1.54, 1.807) is 0 Å². The van der Waals surface area contributed by atoms with Gasteiger partial charge in [-0.25, -0.2) is 0 Å². The van der Waals surface area contributed by atoms with Crippen LogP contribution in [-0.4, -0.2) is 58.2 Å². The molecule has 0 unspecified atom stereocenters. The van der Waals surface area contributed by atoms with Crippen LogP contribution in [0.1, 0.15) is 59.4 Å². The smallest absolute Gasteiger partial charge is 0.253 e. The lowest BCUT2D eigenvalue weighted by Gasteiger charge is -2.37. The van der Waals surface area contributed by atoms with Crippen molar-refractivity contribution in [1.82, 2.24) is 19.6 Å². The molecule has 0 bridgehead atoms. The molecule has 2 fully saturated rings. The van der Waals surface area contributed by atoms with E-state index in [-0.39, 0.29) is 5.91 Å². The van der Waals surface area contributed by atoms with Crippen molar-refractivity contribution in [2.45, 2.75) is 52.5 Å². The van der Waals surface area contributed by atoms with Crippen molar-refractivity contribution < 1.29 is 4.79 Å². The SMILES string of the molecule is Cc1cc(C)n(Cc2cccc(C(=O)N3CCN(CC4CCCCC4)CC3)c2)n1. The number of aromatic nitrogens is 2. The molecule has 5 nitrogen and oxygen atoms in total. The van der Waals surface area contributed by atoms with Gasteiger partial charge in [-0.1, -0.05) is 31.4 Å². The maximum atomic E-state index is 13.1. The fourth-order valence-electron chi connectivity index (χ4n) is 4.86. The van der Waals surface area contributed by atoms with Crippen molar-refractivity contribution in [1.29, 1.82) is 0 Å². The Kier molecular flexibility index (Phi) is 6.34. The lowest BCUT2D eigenvalue weighted by molar-refractivity contribution is 0.0606. The van der Waals surface area contributed by atoms with E-state index in [9.17, 15) is 4.79 Å². The molecule has 1 aromatic carbocycles. The third kappa shape index (κ3) is 5.08. The summed E-state index contributed by atoms with van der Waals surface area (Å²) in [7, 11) is 0. The van der Waals surface area contributed by atoms with Crippen molar-refractivity contribution in [2.75, 3.05) is 32.7 Å². The fraction of sp³-hybridized carbons (Fsp3) is 0.583. The molecular formula is C24H34N4O. The zero-order chi connectivity index (χ0) is 20.2. The third-order valence-corrected chi connectivity index (χ3v) is 6.51. The molecule has 0 radical (unpaired) electrons. The molecule has 0 spiro atoms. The molecule has 2 aromatic rings. The summed E-state index contributed by atoms with van der Waals surface area (Å²) >= 11 is 0. The van der Waals surface area contributed by atoms with E-state index >= 15 is 0 Å². The van der Waals surface area contributed by atoms with Crippen molar-refractivity contribution >= 4 is 5.91 Å². The summed E-state index contributed by atoms with van der Waals surface area (Å²) < 4.78 is 2.00. The number of nitrogens with zero attached hydrogens (tertiary/aromatic N) is 4. The Morgan fingerprint density at radius 3 is 2.48 bits per heavy atom. The first-order valence-electron chi connectivity index (χ1n) is 11.2. The molecule has 2 aliphatic rings. The first-order valence-corrected chi connectivity index (χ1v) is 11.2. The number of amides is 1. The van der Waals surface area contributed by atoms with Gasteiger partial charge < -0.3 is 4.90 Å². The highest BCUT2D eigenvalue weighted by atomic mass is 16.2. The molecule has 156 valence electrons. The Labute approximate surface area is 174 Å². The lowest BCUT2D eigenvalue weighted by atomic mass is 9.89. The average Bonchev–Trinajstić information content (AvgIpc) is 3.05. The second-order valence-electron chi connectivity index (χ2n) is 8.88. The van der Waals surface area contributed by atoms with Gasteiger partial charge >= 0.3 is 0 Å². The molecule has 1 aromatic heterocycles. The number of hydrogen-bond acceptors (Lipinski definition) is 3. The molecule has 4 rings (SSSR count). The average molecular weight is 395 g/mol. The fourth-order valence-corrected chi connectivity index (χ4v) is 4.86. The Morgan fingerprint density at radius 1 is 1.03 bits per heavy atom. The standard InChI is InChI=1S/C24H34N4O/c1-19-15-20(2)28(25-19)18-22-9-6-10-23(16-22)24(29)27-13-11-26(12-14-27)17-21-7-4-3-5-8-21/h6,9-10,15-16,21H,3-5,7-8,11-14,17-18H2,1-2H3. The predicted octanol–water partition coefficient (Wildman–Crippen LogP) is 3.89. The van der Waals surface area contributed by atoms with Gasteiger partial charge in [-0.3, -0.25) is 14.4 Å². The number of benzene rings is 1. The van der Waals surface area contributed by atoms with E-state index in [4.69, 9.17) is 0 Å². The number of carbonyl (C=O) groups excluding carboxylic acids is 1. The van der Waals surface area contributed by atoms with Crippen LogP contribution >= 0.6 is 0 Å². The quantitative estimate of drug-likeness (QED) is 0.773. The number of hydrogen-bond donors (Lipinski definition) is 0. The second kappa shape index (κ2) is 9.12. The Morgan fingerprint density at radius 2 is 1.79 bits per heavy atom. The first kappa shape index (κ1) is 20.1. The highest BCUT2D eigenvalue weighted by molar-refractivity contribution is 5.94. The predicted molar refractivity (Wildman–Crippen MR) is 116 cm³/mol. The summed E-state index contributed by atoms with van der Waals surface area (Å²) in [6, 6.07) is 10.1. The first-order chi connectivity index (χ1) is 14.1. The van der Waals surface area contributed by atoms with Crippen LogP contribution < -0.4 is 0 Å². The van der Waals surface area contributed by atoms with Gasteiger partial charge in [0.15, 0.2) is 0 Å². The van der Waals surface area contributed by atoms with Crippen LogP contribution in [0.3, 0.4) is 0 Å². The Hall–Kier alpha value is -2.14. The minimum absolute atomic E-state index is 0.164. The lowest BCUT2D eigenvalue weighted by Crippen LogP contribution is -2.49. The number of aryl methyl sites for hydroxylation is 2. The number of rotatable bonds is 5. The number of carbonyl (C=O) groups is 1. The van der Waals surface area contributed by atoms with E-state index in [0.29, 0.717) is 6.54 Å². The summed E-state index contributed by atoms with van der Waals surface area (Å²) in [5.41, 5.74) is 4.09. The molecule has 1 aliphatic carbocycles. The van der Waals surface area contributed by atoms with Crippen LogP contribution in [-0.2, 0) is 6.54 Å². The zero-order valence-corrected chi connectivity index (χ0v) is 17.9. The van der Waals surface area contributed by atoms with Crippen LogP contribution in [0.4, 0.5) is 0 Å². The zero-order valence-electron chi connectivity index (χ0n) is 17.9. The Bertz CT molecular complexity index is 829. The molecule has 1 saturated carbocycles. The molecule has 1 aliphatic heterocycles. The van der Waals surface area contributed by atoms with Crippen LogP contribution in [0.25, 0.3) is 0 Å². The minimum Gasteiger partial charge on any atom is -0.336 e. The Balaban J connectivity index is 1.33. The number of piperazine rings is 1. The summed E-state index contributed by atoms with van der Waals surface area (Å²) in [4.78, 5) is 17.7. The molecule has 29 heavy (non-hydrogen) atoms. The van der Waals surface area contributed by atoms with Crippen molar-refractivity contribution in [3.05, 3.63) is 52.8 Å². The van der Waals surface area contributed by atoms with E-state index in [2.05, 4.69) is 29.1 Å². The van der Waals surface area contributed by atoms with Crippen molar-refractivity contribution in [3.63, 3.8) is 0 Å². The van der Waals surface area contributed by atoms with Gasteiger partial charge in [0.25, 0.3) is 5.91 Å². The van der Waals surface area contributed by atoms with Gasteiger partial charge in [0.1, 0.15) is 0 Å². The largest absolute Gasteiger partial charge is 0.336 e. The van der Waals surface area contributed by atoms with Crippen LogP contribution in [0, 0.1) is 19.8 Å². The van der Waals surface area contributed by atoms with E-state index in [0.717, 1.165) is 54.6 Å². The van der Waals surface area contributed by atoms with Gasteiger partial charge in [-0.15, -0.1) is 0 Å². The topological polar surface area (TPSA) is 41.4 Å². The maximum Gasteiger partial charge on any atom is 0.253 e. The second-order valence-corrected chi connectivity index (χ2v) is 8.88. The summed E-state index contributed by atoms with van der Waals surface area (Å²) in [5, 5.41) is 4.54. The monoisotopic (exact) mass is 394 g/mol. The van der Waals surface area contributed by atoms with Gasteiger partial charge in [0, 0.05) is 44.0 Å². The van der Waals surface area contributed by atoms with E-state index < -0.39 is 0 Å². The maximum absolute atomic E-state index is 13.1. The van der Waals surface area contributed by atoms with Gasteiger partial charge in [0.2, 0.25) is 0 Å². The molecule has 1 saturated heterocycles. The normalized spacial score (nSPS) is 18.9. The van der Waals surface area contributed by atoms with Crippen LogP contribution in [0.15, 0.2) is 30.3 Å². The molecule has 5 heteroatoms. The third-order valence-electron chi connectivity index (χ3n) is 6.51.